The van der Waals surface area contributed by atoms with Gasteiger partial charge in [-0.1, -0.05) is 0 Å². The molecule has 0 unspecified atom stereocenters. The lowest BCUT2D eigenvalue weighted by Gasteiger charge is -2.05. The maximum Gasteiger partial charge on any atom is 0.157 e. The van der Waals surface area contributed by atoms with Crippen LogP contribution in [0.1, 0.15) is 16.8 Å². The van der Waals surface area contributed by atoms with Crippen LogP contribution in [-0.4, -0.2) is 26.3 Å². The molecule has 2 N–H and O–H groups in total. The SMILES string of the molecule is Cc1nn(C)c2ncc(CNCCc3c[nH]c4cc(F)ccc34)cc12. The summed E-state index contributed by atoms with van der Waals surface area (Å²) in [6, 6.07) is 7.01. The number of aromatic nitrogens is 4. The van der Waals surface area contributed by atoms with E-state index in [9.17, 15) is 4.39 Å². The second-order valence-corrected chi connectivity index (χ2v) is 6.35. The highest BCUT2D eigenvalue weighted by Gasteiger charge is 2.07. The van der Waals surface area contributed by atoms with E-state index in [4.69, 9.17) is 0 Å². The van der Waals surface area contributed by atoms with Crippen molar-refractivity contribution in [1.29, 1.82) is 0 Å². The van der Waals surface area contributed by atoms with Crippen molar-refractivity contribution in [3.8, 4) is 0 Å². The van der Waals surface area contributed by atoms with E-state index in [-0.39, 0.29) is 5.82 Å². The van der Waals surface area contributed by atoms with Crippen LogP contribution in [-0.2, 0) is 20.0 Å². The van der Waals surface area contributed by atoms with Crippen LogP contribution in [0.3, 0.4) is 0 Å². The van der Waals surface area contributed by atoms with Gasteiger partial charge >= 0.3 is 0 Å². The Morgan fingerprint density at radius 2 is 2.12 bits per heavy atom. The Bertz CT molecular complexity index is 1050. The molecule has 0 saturated heterocycles. The molecule has 4 aromatic rings. The molecule has 4 rings (SSSR count). The topological polar surface area (TPSA) is 58.5 Å². The highest BCUT2D eigenvalue weighted by molar-refractivity contribution is 5.83. The minimum Gasteiger partial charge on any atom is -0.361 e. The molecule has 128 valence electrons. The van der Waals surface area contributed by atoms with Crippen molar-refractivity contribution in [2.24, 2.45) is 7.05 Å². The molecule has 0 radical (unpaired) electrons. The van der Waals surface area contributed by atoms with Gasteiger partial charge in [0.1, 0.15) is 5.82 Å². The number of nitrogens with zero attached hydrogens (tertiary/aromatic N) is 3. The molecule has 3 heterocycles. The number of hydrogen-bond donors (Lipinski definition) is 2. The van der Waals surface area contributed by atoms with Gasteiger partial charge in [0.05, 0.1) is 5.69 Å². The molecule has 0 amide bonds. The number of aryl methyl sites for hydroxylation is 2. The average molecular weight is 337 g/mol. The summed E-state index contributed by atoms with van der Waals surface area (Å²) in [5, 5.41) is 10.0. The van der Waals surface area contributed by atoms with E-state index < -0.39 is 0 Å². The fraction of sp³-hybridized carbons (Fsp3) is 0.263. The highest BCUT2D eigenvalue weighted by Crippen LogP contribution is 2.19. The number of nitrogens with one attached hydrogen (secondary N) is 2. The normalized spacial score (nSPS) is 11.6. The van der Waals surface area contributed by atoms with Crippen LogP contribution in [0.15, 0.2) is 36.7 Å². The molecule has 0 saturated carbocycles. The van der Waals surface area contributed by atoms with Crippen LogP contribution in [0, 0.1) is 12.7 Å². The quantitative estimate of drug-likeness (QED) is 0.550. The van der Waals surface area contributed by atoms with E-state index in [0.717, 1.165) is 52.7 Å². The van der Waals surface area contributed by atoms with E-state index >= 15 is 0 Å². The first-order valence-corrected chi connectivity index (χ1v) is 8.36. The molecule has 25 heavy (non-hydrogen) atoms. The van der Waals surface area contributed by atoms with Gasteiger partial charge in [0, 0.05) is 42.3 Å². The molecular formula is C19H20FN5. The first kappa shape index (κ1) is 15.8. The van der Waals surface area contributed by atoms with Gasteiger partial charge in [-0.15, -0.1) is 0 Å². The van der Waals surface area contributed by atoms with Gasteiger partial charge in [-0.3, -0.25) is 4.68 Å². The number of benzene rings is 1. The molecule has 5 nitrogen and oxygen atoms in total. The predicted octanol–water partition coefficient (Wildman–Crippen LogP) is 3.23. The van der Waals surface area contributed by atoms with Crippen molar-refractivity contribution in [3.05, 3.63) is 59.3 Å². The van der Waals surface area contributed by atoms with Gasteiger partial charge in [0.15, 0.2) is 5.65 Å². The molecule has 6 heteroatoms. The molecule has 0 spiro atoms. The third-order valence-electron chi connectivity index (χ3n) is 4.55. The summed E-state index contributed by atoms with van der Waals surface area (Å²) in [7, 11) is 1.91. The first-order chi connectivity index (χ1) is 12.1. The first-order valence-electron chi connectivity index (χ1n) is 8.36. The predicted molar refractivity (Wildman–Crippen MR) is 96.9 cm³/mol. The molecular weight excluding hydrogens is 317 g/mol. The standard InChI is InChI=1S/C19H20FN5/c1-12-17-7-13(10-23-19(17)25(2)24-12)9-21-6-5-14-11-22-18-8-15(20)3-4-16(14)18/h3-4,7-8,10-11,21-22H,5-6,9H2,1-2H3. The second kappa shape index (κ2) is 6.29. The van der Waals surface area contributed by atoms with Crippen molar-refractivity contribution in [2.45, 2.75) is 19.9 Å². The zero-order valence-electron chi connectivity index (χ0n) is 14.3. The molecule has 0 atom stereocenters. The molecule has 3 aromatic heterocycles. The lowest BCUT2D eigenvalue weighted by molar-refractivity contribution is 0.629. The summed E-state index contributed by atoms with van der Waals surface area (Å²) < 4.78 is 15.0. The van der Waals surface area contributed by atoms with Crippen LogP contribution >= 0.6 is 0 Å². The number of pyridine rings is 1. The minimum atomic E-state index is -0.215. The van der Waals surface area contributed by atoms with Crippen molar-refractivity contribution in [2.75, 3.05) is 6.54 Å². The van der Waals surface area contributed by atoms with E-state index in [1.54, 1.807) is 0 Å². The van der Waals surface area contributed by atoms with Gasteiger partial charge in [0.2, 0.25) is 0 Å². The maximum atomic E-state index is 13.2. The molecule has 0 bridgehead atoms. The monoisotopic (exact) mass is 337 g/mol. The number of H-pyrrole nitrogens is 1. The minimum absolute atomic E-state index is 0.215. The molecule has 1 aromatic carbocycles. The largest absolute Gasteiger partial charge is 0.361 e. The van der Waals surface area contributed by atoms with Crippen LogP contribution in [0.4, 0.5) is 4.39 Å². The molecule has 0 aliphatic heterocycles. The lowest BCUT2D eigenvalue weighted by Crippen LogP contribution is -2.16. The molecule has 0 fully saturated rings. The summed E-state index contributed by atoms with van der Waals surface area (Å²) in [4.78, 5) is 7.63. The molecule has 0 aliphatic carbocycles. The Balaban J connectivity index is 1.40. The number of fused-ring (bicyclic) bond motifs is 2. The third-order valence-corrected chi connectivity index (χ3v) is 4.55. The van der Waals surface area contributed by atoms with Crippen molar-refractivity contribution in [1.82, 2.24) is 25.1 Å². The Morgan fingerprint density at radius 1 is 1.24 bits per heavy atom. The fourth-order valence-electron chi connectivity index (χ4n) is 3.27. The Morgan fingerprint density at radius 3 is 3.00 bits per heavy atom. The van der Waals surface area contributed by atoms with Gasteiger partial charge in [-0.25, -0.2) is 9.37 Å². The summed E-state index contributed by atoms with van der Waals surface area (Å²) in [5.41, 5.74) is 5.09. The van der Waals surface area contributed by atoms with E-state index in [1.165, 1.54) is 17.7 Å². The van der Waals surface area contributed by atoms with Crippen LogP contribution in [0.25, 0.3) is 21.9 Å². The van der Waals surface area contributed by atoms with E-state index in [1.807, 2.05) is 37.1 Å². The third kappa shape index (κ3) is 3.00. The maximum absolute atomic E-state index is 13.2. The van der Waals surface area contributed by atoms with E-state index in [0.29, 0.717) is 0 Å². The van der Waals surface area contributed by atoms with E-state index in [2.05, 4.69) is 26.4 Å². The number of rotatable bonds is 5. The fourth-order valence-corrected chi connectivity index (χ4v) is 3.27. The van der Waals surface area contributed by atoms with Crippen molar-refractivity contribution >= 4 is 21.9 Å². The summed E-state index contributed by atoms with van der Waals surface area (Å²) in [6.45, 7) is 3.60. The average Bonchev–Trinajstić information content (AvgIpc) is 3.12. The zero-order valence-corrected chi connectivity index (χ0v) is 14.3. The lowest BCUT2D eigenvalue weighted by atomic mass is 10.1. The molecule has 0 aliphatic rings. The van der Waals surface area contributed by atoms with Gasteiger partial charge < -0.3 is 10.3 Å². The Labute approximate surface area is 144 Å². The Kier molecular flexibility index (Phi) is 3.97. The Hall–Kier alpha value is -2.73. The van der Waals surface area contributed by atoms with Crippen LogP contribution in [0.2, 0.25) is 0 Å². The summed E-state index contributed by atoms with van der Waals surface area (Å²) in [5.74, 6) is -0.215. The highest BCUT2D eigenvalue weighted by atomic mass is 19.1. The second-order valence-electron chi connectivity index (χ2n) is 6.35. The van der Waals surface area contributed by atoms with Gasteiger partial charge in [-0.05, 0) is 55.3 Å². The smallest absolute Gasteiger partial charge is 0.157 e. The van der Waals surface area contributed by atoms with Gasteiger partial charge in [-0.2, -0.15) is 5.10 Å². The van der Waals surface area contributed by atoms with Crippen LogP contribution in [0.5, 0.6) is 0 Å². The van der Waals surface area contributed by atoms with Crippen molar-refractivity contribution < 1.29 is 4.39 Å². The summed E-state index contributed by atoms with van der Waals surface area (Å²) >= 11 is 0. The number of halogens is 1. The van der Waals surface area contributed by atoms with Gasteiger partial charge in [0.25, 0.3) is 0 Å². The number of aromatic amines is 1. The van der Waals surface area contributed by atoms with Crippen LogP contribution < -0.4 is 5.32 Å². The van der Waals surface area contributed by atoms with Crippen molar-refractivity contribution in [3.63, 3.8) is 0 Å². The zero-order chi connectivity index (χ0) is 17.4. The number of hydrogen-bond acceptors (Lipinski definition) is 3. The summed E-state index contributed by atoms with van der Waals surface area (Å²) in [6.07, 6.45) is 4.73.